The van der Waals surface area contributed by atoms with Gasteiger partial charge in [-0.15, -0.1) is 4.37 Å². The summed E-state index contributed by atoms with van der Waals surface area (Å²) >= 11 is 1.20. The average Bonchev–Trinajstić information content (AvgIpc) is 2.75. The molecule has 0 atom stereocenters. The Morgan fingerprint density at radius 1 is 1.40 bits per heavy atom. The quantitative estimate of drug-likeness (QED) is 0.775. The third kappa shape index (κ3) is 2.57. The van der Waals surface area contributed by atoms with Crippen molar-refractivity contribution in [2.75, 3.05) is 37.8 Å². The molecule has 2 rings (SSSR count). The van der Waals surface area contributed by atoms with Gasteiger partial charge in [0.15, 0.2) is 0 Å². The monoisotopic (exact) mass is 229 g/mol. The van der Waals surface area contributed by atoms with Gasteiger partial charge in [0.05, 0.1) is 31.5 Å². The number of rotatable bonds is 4. The molecule has 0 aliphatic carbocycles. The highest BCUT2D eigenvalue weighted by Gasteiger charge is 2.19. The maximum Gasteiger partial charge on any atom is 0.270 e. The number of nitrogens with zero attached hydrogens (tertiary/aromatic N) is 3. The Morgan fingerprint density at radius 2 is 2.20 bits per heavy atom. The molecule has 2 heterocycles. The van der Waals surface area contributed by atoms with Crippen LogP contribution < -0.4 is 9.64 Å². The maximum atomic E-state index is 5.53. The molecule has 5 nitrogen and oxygen atoms in total. The third-order valence-electron chi connectivity index (χ3n) is 2.20. The van der Waals surface area contributed by atoms with Gasteiger partial charge in [-0.25, -0.2) is 0 Å². The lowest BCUT2D eigenvalue weighted by molar-refractivity contribution is 0.122. The van der Waals surface area contributed by atoms with E-state index in [0.717, 1.165) is 38.5 Å². The van der Waals surface area contributed by atoms with Crippen molar-refractivity contribution in [2.45, 2.75) is 13.3 Å². The number of aromatic nitrogens is 2. The van der Waals surface area contributed by atoms with Crippen LogP contribution in [0.4, 0.5) is 5.82 Å². The summed E-state index contributed by atoms with van der Waals surface area (Å²) in [6, 6.07) is 0. The molecule has 1 aromatic heterocycles. The number of ether oxygens (including phenoxy) is 2. The Balaban J connectivity index is 2.02. The fourth-order valence-corrected chi connectivity index (χ4v) is 1.95. The van der Waals surface area contributed by atoms with Crippen molar-refractivity contribution in [1.29, 1.82) is 0 Å². The van der Waals surface area contributed by atoms with Crippen LogP contribution in [0.3, 0.4) is 0 Å². The van der Waals surface area contributed by atoms with E-state index >= 15 is 0 Å². The molecule has 0 spiro atoms. The molecule has 0 radical (unpaired) electrons. The van der Waals surface area contributed by atoms with Crippen molar-refractivity contribution in [3.05, 3.63) is 0 Å². The standard InChI is InChI=1S/C9H15N3O2S/c1-2-5-14-9-8(10-15-11-9)12-3-6-13-7-4-12/h2-7H2,1H3. The number of hydrogen-bond donors (Lipinski definition) is 0. The largest absolute Gasteiger partial charge is 0.474 e. The van der Waals surface area contributed by atoms with Crippen molar-refractivity contribution < 1.29 is 9.47 Å². The molecular formula is C9H15N3O2S. The highest BCUT2D eigenvalue weighted by Crippen LogP contribution is 2.26. The summed E-state index contributed by atoms with van der Waals surface area (Å²) in [6.07, 6.45) is 0.986. The van der Waals surface area contributed by atoms with Gasteiger partial charge in [-0.1, -0.05) is 6.92 Å². The first kappa shape index (κ1) is 10.6. The van der Waals surface area contributed by atoms with Crippen LogP contribution in [-0.2, 0) is 4.74 Å². The molecule has 0 bridgehead atoms. The van der Waals surface area contributed by atoms with Crippen molar-refractivity contribution >= 4 is 17.5 Å². The first-order chi connectivity index (χ1) is 7.42. The number of anilines is 1. The van der Waals surface area contributed by atoms with Crippen LogP contribution >= 0.6 is 11.7 Å². The molecule has 84 valence electrons. The van der Waals surface area contributed by atoms with Gasteiger partial charge in [0.2, 0.25) is 5.82 Å². The van der Waals surface area contributed by atoms with Gasteiger partial charge < -0.3 is 14.4 Å². The summed E-state index contributed by atoms with van der Waals surface area (Å²) in [4.78, 5) is 2.16. The van der Waals surface area contributed by atoms with E-state index < -0.39 is 0 Å². The minimum absolute atomic E-state index is 0.670. The summed E-state index contributed by atoms with van der Waals surface area (Å²) in [5.41, 5.74) is 0. The second-order valence-electron chi connectivity index (χ2n) is 3.34. The topological polar surface area (TPSA) is 47.5 Å². The lowest BCUT2D eigenvalue weighted by Crippen LogP contribution is -2.36. The van der Waals surface area contributed by atoms with E-state index in [2.05, 4.69) is 20.6 Å². The fraction of sp³-hybridized carbons (Fsp3) is 0.778. The van der Waals surface area contributed by atoms with Crippen LogP contribution in [0, 0.1) is 0 Å². The SMILES string of the molecule is CCCOc1nsnc1N1CCOCC1. The predicted octanol–water partition coefficient (Wildman–Crippen LogP) is 1.16. The van der Waals surface area contributed by atoms with E-state index in [4.69, 9.17) is 9.47 Å². The molecule has 1 aliphatic heterocycles. The van der Waals surface area contributed by atoms with Gasteiger partial charge in [0, 0.05) is 13.1 Å². The molecule has 1 aromatic rings. The van der Waals surface area contributed by atoms with E-state index in [1.54, 1.807) is 0 Å². The zero-order valence-electron chi connectivity index (χ0n) is 8.81. The third-order valence-corrected chi connectivity index (χ3v) is 2.70. The second-order valence-corrected chi connectivity index (χ2v) is 3.87. The second kappa shape index (κ2) is 5.27. The highest BCUT2D eigenvalue weighted by atomic mass is 32.1. The molecule has 1 aliphatic rings. The van der Waals surface area contributed by atoms with E-state index in [1.807, 2.05) is 0 Å². The van der Waals surface area contributed by atoms with E-state index in [0.29, 0.717) is 12.5 Å². The predicted molar refractivity (Wildman–Crippen MR) is 58.7 cm³/mol. The van der Waals surface area contributed by atoms with Gasteiger partial charge in [0.1, 0.15) is 0 Å². The van der Waals surface area contributed by atoms with Gasteiger partial charge in [0.25, 0.3) is 5.88 Å². The Morgan fingerprint density at radius 3 is 2.93 bits per heavy atom. The highest BCUT2D eigenvalue weighted by molar-refractivity contribution is 6.99. The molecule has 0 aromatic carbocycles. The smallest absolute Gasteiger partial charge is 0.270 e. The van der Waals surface area contributed by atoms with Gasteiger partial charge >= 0.3 is 0 Å². The van der Waals surface area contributed by atoms with Crippen molar-refractivity contribution in [3.63, 3.8) is 0 Å². The molecule has 6 heteroatoms. The normalized spacial score (nSPS) is 16.7. The number of hydrogen-bond acceptors (Lipinski definition) is 6. The minimum atomic E-state index is 0.670. The van der Waals surface area contributed by atoms with Crippen molar-refractivity contribution in [1.82, 2.24) is 8.75 Å². The van der Waals surface area contributed by atoms with E-state index in [9.17, 15) is 0 Å². The zero-order chi connectivity index (χ0) is 10.5. The Bertz CT molecular complexity index is 299. The lowest BCUT2D eigenvalue weighted by atomic mass is 10.4. The first-order valence-corrected chi connectivity index (χ1v) is 5.93. The van der Waals surface area contributed by atoms with Crippen LogP contribution in [0.5, 0.6) is 5.88 Å². The Hall–Kier alpha value is -0.880. The van der Waals surface area contributed by atoms with Crippen LogP contribution in [0.15, 0.2) is 0 Å². The fourth-order valence-electron chi connectivity index (χ4n) is 1.43. The molecule has 0 amide bonds. The lowest BCUT2D eigenvalue weighted by Gasteiger charge is -2.26. The summed E-state index contributed by atoms with van der Waals surface area (Å²) < 4.78 is 19.2. The minimum Gasteiger partial charge on any atom is -0.474 e. The molecule has 1 fully saturated rings. The summed E-state index contributed by atoms with van der Waals surface area (Å²) in [6.45, 7) is 6.02. The van der Waals surface area contributed by atoms with E-state index in [1.165, 1.54) is 11.7 Å². The van der Waals surface area contributed by atoms with Crippen molar-refractivity contribution in [2.24, 2.45) is 0 Å². The van der Waals surface area contributed by atoms with E-state index in [-0.39, 0.29) is 0 Å². The first-order valence-electron chi connectivity index (χ1n) is 5.20. The average molecular weight is 229 g/mol. The van der Waals surface area contributed by atoms with Gasteiger partial charge in [-0.3, -0.25) is 0 Å². The summed E-state index contributed by atoms with van der Waals surface area (Å²) in [5.74, 6) is 1.54. The molecule has 0 saturated carbocycles. The number of morpholine rings is 1. The van der Waals surface area contributed by atoms with Gasteiger partial charge in [-0.05, 0) is 6.42 Å². The molecular weight excluding hydrogens is 214 g/mol. The Kier molecular flexibility index (Phi) is 3.74. The van der Waals surface area contributed by atoms with Gasteiger partial charge in [-0.2, -0.15) is 4.37 Å². The van der Waals surface area contributed by atoms with Crippen LogP contribution in [-0.4, -0.2) is 41.7 Å². The molecule has 0 unspecified atom stereocenters. The Labute approximate surface area is 93.3 Å². The molecule has 1 saturated heterocycles. The zero-order valence-corrected chi connectivity index (χ0v) is 9.63. The summed E-state index contributed by atoms with van der Waals surface area (Å²) in [7, 11) is 0. The van der Waals surface area contributed by atoms with Crippen LogP contribution in [0.1, 0.15) is 13.3 Å². The maximum absolute atomic E-state index is 5.53. The van der Waals surface area contributed by atoms with Crippen LogP contribution in [0.2, 0.25) is 0 Å². The van der Waals surface area contributed by atoms with Crippen molar-refractivity contribution in [3.8, 4) is 5.88 Å². The molecule has 0 N–H and O–H groups in total. The summed E-state index contributed by atoms with van der Waals surface area (Å²) in [5, 5.41) is 0. The van der Waals surface area contributed by atoms with Crippen LogP contribution in [0.25, 0.3) is 0 Å². The molecule has 15 heavy (non-hydrogen) atoms.